The Hall–Kier alpha value is -2.11. The molecule has 0 aliphatic heterocycles. The summed E-state index contributed by atoms with van der Waals surface area (Å²) in [5.74, 6) is 1.64. The van der Waals surface area contributed by atoms with Crippen LogP contribution in [0.5, 0.6) is 11.5 Å². The fraction of sp³-hybridized carbons (Fsp3) is 0.0952. The topological polar surface area (TPSA) is 30.8 Å². The average Bonchev–Trinajstić information content (AvgIpc) is 2.67. The van der Waals surface area contributed by atoms with E-state index in [-0.39, 0.29) is 0 Å². The zero-order chi connectivity index (χ0) is 18.4. The summed E-state index contributed by atoms with van der Waals surface area (Å²) in [7, 11) is 1.65. The molecular weight excluding hydrogens is 458 g/mol. The minimum atomic E-state index is 0.507. The van der Waals surface area contributed by atoms with E-state index in [9.17, 15) is 0 Å². The van der Waals surface area contributed by atoms with Gasteiger partial charge in [0, 0.05) is 20.7 Å². The summed E-state index contributed by atoms with van der Waals surface area (Å²) >= 11 is 7.00. The lowest BCUT2D eigenvalue weighted by molar-refractivity contribution is 0.305. The molecular formula is C21H17Br2NO2. The molecule has 3 aromatic rings. The first-order valence-electron chi connectivity index (χ1n) is 7.99. The second kappa shape index (κ2) is 9.01. The van der Waals surface area contributed by atoms with E-state index in [1.54, 1.807) is 7.11 Å². The third-order valence-corrected chi connectivity index (χ3v) is 4.96. The third-order valence-electron chi connectivity index (χ3n) is 3.72. The molecule has 3 aromatic carbocycles. The smallest absolute Gasteiger partial charge is 0.119 e. The van der Waals surface area contributed by atoms with Gasteiger partial charge in [-0.3, -0.25) is 4.99 Å². The molecule has 0 saturated carbocycles. The first-order chi connectivity index (χ1) is 12.6. The number of rotatable bonds is 6. The minimum Gasteiger partial charge on any atom is -0.497 e. The lowest BCUT2D eigenvalue weighted by atomic mass is 10.2. The number of methoxy groups -OCH3 is 1. The fourth-order valence-corrected chi connectivity index (χ4v) is 3.43. The van der Waals surface area contributed by atoms with Gasteiger partial charge in [0.2, 0.25) is 0 Å². The summed E-state index contributed by atoms with van der Waals surface area (Å²) in [4.78, 5) is 4.46. The van der Waals surface area contributed by atoms with Gasteiger partial charge in [0.25, 0.3) is 0 Å². The highest BCUT2D eigenvalue weighted by atomic mass is 79.9. The van der Waals surface area contributed by atoms with Crippen LogP contribution in [-0.2, 0) is 6.61 Å². The third kappa shape index (κ3) is 5.19. The highest BCUT2D eigenvalue weighted by Crippen LogP contribution is 2.24. The zero-order valence-electron chi connectivity index (χ0n) is 14.2. The van der Waals surface area contributed by atoms with Crippen LogP contribution < -0.4 is 9.47 Å². The monoisotopic (exact) mass is 473 g/mol. The van der Waals surface area contributed by atoms with Crippen LogP contribution in [0.2, 0.25) is 0 Å². The second-order valence-electron chi connectivity index (χ2n) is 5.55. The molecule has 3 rings (SSSR count). The van der Waals surface area contributed by atoms with Crippen LogP contribution in [0, 0.1) is 0 Å². The first-order valence-corrected chi connectivity index (χ1v) is 9.57. The highest BCUT2D eigenvalue weighted by molar-refractivity contribution is 9.11. The molecule has 26 heavy (non-hydrogen) atoms. The minimum absolute atomic E-state index is 0.507. The maximum atomic E-state index is 5.85. The Bertz CT molecular complexity index is 891. The van der Waals surface area contributed by atoms with Gasteiger partial charge < -0.3 is 9.47 Å². The molecule has 0 aromatic heterocycles. The Morgan fingerprint density at radius 3 is 2.23 bits per heavy atom. The van der Waals surface area contributed by atoms with Crippen molar-refractivity contribution >= 4 is 43.8 Å². The molecule has 0 atom stereocenters. The molecule has 0 bridgehead atoms. The number of aliphatic imine (C=N–C) groups is 1. The summed E-state index contributed by atoms with van der Waals surface area (Å²) in [5.41, 5.74) is 2.99. The van der Waals surface area contributed by atoms with Gasteiger partial charge in [0.1, 0.15) is 18.1 Å². The van der Waals surface area contributed by atoms with Gasteiger partial charge >= 0.3 is 0 Å². The number of benzene rings is 3. The predicted octanol–water partition coefficient (Wildman–Crippen LogP) is 6.55. The number of hydrogen-bond acceptors (Lipinski definition) is 3. The Morgan fingerprint density at radius 2 is 1.58 bits per heavy atom. The molecule has 0 amide bonds. The Labute approximate surface area is 169 Å². The van der Waals surface area contributed by atoms with Crippen molar-refractivity contribution in [3.8, 4) is 11.5 Å². The average molecular weight is 475 g/mol. The van der Waals surface area contributed by atoms with Gasteiger partial charge in [-0.2, -0.15) is 0 Å². The van der Waals surface area contributed by atoms with Crippen molar-refractivity contribution in [2.75, 3.05) is 7.11 Å². The maximum Gasteiger partial charge on any atom is 0.119 e. The predicted molar refractivity (Wildman–Crippen MR) is 113 cm³/mol. The molecule has 5 heteroatoms. The molecule has 0 saturated heterocycles. The first kappa shape index (κ1) is 18.7. The van der Waals surface area contributed by atoms with Crippen LogP contribution in [0.15, 0.2) is 80.7 Å². The molecule has 0 N–H and O–H groups in total. The van der Waals surface area contributed by atoms with E-state index >= 15 is 0 Å². The van der Waals surface area contributed by atoms with Gasteiger partial charge in [0.15, 0.2) is 0 Å². The summed E-state index contributed by atoms with van der Waals surface area (Å²) in [6, 6.07) is 21.5. The van der Waals surface area contributed by atoms with E-state index in [1.807, 2.05) is 72.9 Å². The standard InChI is InChI=1S/C21H17Br2NO2/c1-25-19-10-6-18(7-11-19)24-13-15-2-8-20(9-3-15)26-14-16-4-5-17(22)12-21(16)23/h2-13H,14H2,1H3. The Morgan fingerprint density at radius 1 is 0.885 bits per heavy atom. The van der Waals surface area contributed by atoms with Gasteiger partial charge in [0.05, 0.1) is 12.8 Å². The largest absolute Gasteiger partial charge is 0.497 e. The SMILES string of the molecule is COc1ccc(N=Cc2ccc(OCc3ccc(Br)cc3Br)cc2)cc1. The normalized spacial score (nSPS) is 10.9. The molecule has 0 radical (unpaired) electrons. The Kier molecular flexibility index (Phi) is 6.47. The summed E-state index contributed by atoms with van der Waals surface area (Å²) < 4.78 is 13.1. The molecule has 132 valence electrons. The summed E-state index contributed by atoms with van der Waals surface area (Å²) in [6.45, 7) is 0.507. The van der Waals surface area contributed by atoms with Crippen molar-refractivity contribution in [2.45, 2.75) is 6.61 Å². The number of ether oxygens (including phenoxy) is 2. The summed E-state index contributed by atoms with van der Waals surface area (Å²) in [6.07, 6.45) is 1.83. The van der Waals surface area contributed by atoms with Crippen LogP contribution in [-0.4, -0.2) is 13.3 Å². The van der Waals surface area contributed by atoms with Gasteiger partial charge in [-0.1, -0.05) is 37.9 Å². The van der Waals surface area contributed by atoms with Crippen LogP contribution in [0.25, 0.3) is 0 Å². The molecule has 0 unspecified atom stereocenters. The zero-order valence-corrected chi connectivity index (χ0v) is 17.3. The highest BCUT2D eigenvalue weighted by Gasteiger charge is 2.02. The van der Waals surface area contributed by atoms with Gasteiger partial charge in [-0.25, -0.2) is 0 Å². The van der Waals surface area contributed by atoms with Crippen molar-refractivity contribution in [3.05, 3.63) is 86.8 Å². The van der Waals surface area contributed by atoms with E-state index in [0.717, 1.165) is 37.3 Å². The van der Waals surface area contributed by atoms with Gasteiger partial charge in [-0.05, 0) is 66.2 Å². The number of halogens is 2. The van der Waals surface area contributed by atoms with E-state index in [1.165, 1.54) is 0 Å². The van der Waals surface area contributed by atoms with Crippen molar-refractivity contribution in [2.24, 2.45) is 4.99 Å². The quantitative estimate of drug-likeness (QED) is 0.379. The number of hydrogen-bond donors (Lipinski definition) is 0. The molecule has 0 heterocycles. The fourth-order valence-electron chi connectivity index (χ4n) is 2.27. The van der Waals surface area contributed by atoms with E-state index in [2.05, 4.69) is 36.9 Å². The maximum absolute atomic E-state index is 5.85. The van der Waals surface area contributed by atoms with Crippen LogP contribution in [0.1, 0.15) is 11.1 Å². The molecule has 0 aliphatic rings. The van der Waals surface area contributed by atoms with Crippen LogP contribution >= 0.6 is 31.9 Å². The van der Waals surface area contributed by atoms with E-state index in [4.69, 9.17) is 9.47 Å². The van der Waals surface area contributed by atoms with Crippen molar-refractivity contribution in [3.63, 3.8) is 0 Å². The molecule has 0 aliphatic carbocycles. The van der Waals surface area contributed by atoms with Crippen molar-refractivity contribution in [1.82, 2.24) is 0 Å². The lowest BCUT2D eigenvalue weighted by Crippen LogP contribution is -1.96. The summed E-state index contributed by atoms with van der Waals surface area (Å²) in [5, 5.41) is 0. The molecule has 0 spiro atoms. The van der Waals surface area contributed by atoms with Crippen LogP contribution in [0.3, 0.4) is 0 Å². The van der Waals surface area contributed by atoms with E-state index < -0.39 is 0 Å². The molecule has 0 fully saturated rings. The Balaban J connectivity index is 1.59. The van der Waals surface area contributed by atoms with Crippen LogP contribution in [0.4, 0.5) is 5.69 Å². The van der Waals surface area contributed by atoms with Gasteiger partial charge in [-0.15, -0.1) is 0 Å². The van der Waals surface area contributed by atoms with Crippen molar-refractivity contribution in [1.29, 1.82) is 0 Å². The number of nitrogens with zero attached hydrogens (tertiary/aromatic N) is 1. The lowest BCUT2D eigenvalue weighted by Gasteiger charge is -2.08. The van der Waals surface area contributed by atoms with E-state index in [0.29, 0.717) is 6.61 Å². The van der Waals surface area contributed by atoms with Crippen molar-refractivity contribution < 1.29 is 9.47 Å². The second-order valence-corrected chi connectivity index (χ2v) is 7.32. The molecule has 3 nitrogen and oxygen atoms in total.